The van der Waals surface area contributed by atoms with Gasteiger partial charge in [0.1, 0.15) is 5.01 Å². The molecular formula is C18H21N3O2S2. The quantitative estimate of drug-likeness (QED) is 0.608. The summed E-state index contributed by atoms with van der Waals surface area (Å²) >= 11 is 3.34. The molecule has 0 amide bonds. The van der Waals surface area contributed by atoms with Gasteiger partial charge in [-0.05, 0) is 26.8 Å². The van der Waals surface area contributed by atoms with Crippen molar-refractivity contribution in [1.29, 1.82) is 0 Å². The van der Waals surface area contributed by atoms with Crippen LogP contribution in [0.15, 0.2) is 16.8 Å². The third kappa shape index (κ3) is 3.99. The Morgan fingerprint density at radius 1 is 1.16 bits per heavy atom. The number of aromatic nitrogens is 3. The topological polar surface area (TPSA) is 57.0 Å². The van der Waals surface area contributed by atoms with E-state index < -0.39 is 0 Å². The van der Waals surface area contributed by atoms with E-state index in [4.69, 9.17) is 9.72 Å². The predicted octanol–water partition coefficient (Wildman–Crippen LogP) is 4.15. The molecule has 0 radical (unpaired) electrons. The largest absolute Gasteiger partial charge is 0.469 e. The van der Waals surface area contributed by atoms with Crippen LogP contribution in [0.4, 0.5) is 0 Å². The Kier molecular flexibility index (Phi) is 5.34. The number of rotatable bonds is 6. The van der Waals surface area contributed by atoms with Crippen LogP contribution in [-0.2, 0) is 22.5 Å². The molecule has 3 aromatic rings. The zero-order chi connectivity index (χ0) is 18.0. The summed E-state index contributed by atoms with van der Waals surface area (Å²) in [6.07, 6.45) is 1.16. The Morgan fingerprint density at radius 2 is 1.88 bits per heavy atom. The lowest BCUT2D eigenvalue weighted by molar-refractivity contribution is -0.140. The van der Waals surface area contributed by atoms with Gasteiger partial charge in [0.15, 0.2) is 0 Å². The molecule has 0 aromatic carbocycles. The van der Waals surface area contributed by atoms with Gasteiger partial charge in [0, 0.05) is 40.0 Å². The summed E-state index contributed by atoms with van der Waals surface area (Å²) in [5, 5.41) is 6.34. The molecule has 0 aliphatic carbocycles. The smallest absolute Gasteiger partial charge is 0.307 e. The molecule has 25 heavy (non-hydrogen) atoms. The second-order valence-corrected chi connectivity index (χ2v) is 7.83. The first kappa shape index (κ1) is 17.8. The summed E-state index contributed by atoms with van der Waals surface area (Å²) in [4.78, 5) is 20.7. The van der Waals surface area contributed by atoms with E-state index >= 15 is 0 Å². The maximum atomic E-state index is 11.4. The lowest BCUT2D eigenvalue weighted by Gasteiger charge is -2.08. The molecule has 7 heteroatoms. The first-order chi connectivity index (χ1) is 12.0. The zero-order valence-corrected chi connectivity index (χ0v) is 16.5. The highest BCUT2D eigenvalue weighted by atomic mass is 32.1. The Balaban J connectivity index is 1.79. The van der Waals surface area contributed by atoms with E-state index in [0.29, 0.717) is 13.0 Å². The van der Waals surface area contributed by atoms with Crippen molar-refractivity contribution in [3.05, 3.63) is 43.9 Å². The van der Waals surface area contributed by atoms with Crippen LogP contribution in [0, 0.1) is 20.8 Å². The molecule has 3 rings (SSSR count). The molecule has 0 aliphatic rings. The number of hydrogen-bond donors (Lipinski definition) is 0. The van der Waals surface area contributed by atoms with Crippen molar-refractivity contribution in [3.63, 3.8) is 0 Å². The molecule has 0 saturated heterocycles. The minimum absolute atomic E-state index is 0.191. The summed E-state index contributed by atoms with van der Waals surface area (Å²) in [5.41, 5.74) is 5.43. The molecule has 5 nitrogen and oxygen atoms in total. The van der Waals surface area contributed by atoms with E-state index in [1.165, 1.54) is 7.11 Å². The number of methoxy groups -OCH3 is 1. The molecule has 0 unspecified atom stereocenters. The van der Waals surface area contributed by atoms with E-state index in [2.05, 4.69) is 40.2 Å². The number of carbonyl (C=O) groups is 1. The van der Waals surface area contributed by atoms with E-state index in [1.807, 2.05) is 6.92 Å². The first-order valence-electron chi connectivity index (χ1n) is 8.07. The Morgan fingerprint density at radius 3 is 2.56 bits per heavy atom. The molecule has 0 spiro atoms. The number of carbonyl (C=O) groups excluding carboxylic acids is 1. The average Bonchev–Trinajstić information content (AvgIpc) is 3.27. The number of aryl methyl sites for hydroxylation is 2. The van der Waals surface area contributed by atoms with E-state index in [1.54, 1.807) is 22.7 Å². The third-order valence-corrected chi connectivity index (χ3v) is 5.95. The van der Waals surface area contributed by atoms with Crippen molar-refractivity contribution in [2.75, 3.05) is 7.11 Å². The van der Waals surface area contributed by atoms with Gasteiger partial charge in [-0.3, -0.25) is 4.79 Å². The van der Waals surface area contributed by atoms with Crippen LogP contribution < -0.4 is 0 Å². The number of hydrogen-bond acceptors (Lipinski definition) is 6. The lowest BCUT2D eigenvalue weighted by atomic mass is 10.2. The van der Waals surface area contributed by atoms with E-state index in [-0.39, 0.29) is 5.97 Å². The van der Waals surface area contributed by atoms with Crippen molar-refractivity contribution in [2.45, 2.75) is 40.2 Å². The number of ether oxygens (including phenoxy) is 1. The molecule has 0 atom stereocenters. The summed E-state index contributed by atoms with van der Waals surface area (Å²) in [5.74, 6) is -0.191. The second-order valence-electron chi connectivity index (χ2n) is 5.95. The second kappa shape index (κ2) is 7.49. The summed E-state index contributed by atoms with van der Waals surface area (Å²) < 4.78 is 6.89. The number of nitrogens with zero attached hydrogens (tertiary/aromatic N) is 3. The van der Waals surface area contributed by atoms with Gasteiger partial charge >= 0.3 is 5.97 Å². The van der Waals surface area contributed by atoms with Crippen LogP contribution >= 0.6 is 22.7 Å². The summed E-state index contributed by atoms with van der Waals surface area (Å²) in [6, 6.07) is 2.14. The fourth-order valence-corrected chi connectivity index (χ4v) is 4.50. The van der Waals surface area contributed by atoms with Gasteiger partial charge in [0.05, 0.1) is 30.7 Å². The van der Waals surface area contributed by atoms with Gasteiger partial charge < -0.3 is 9.30 Å². The van der Waals surface area contributed by atoms with Crippen molar-refractivity contribution in [3.8, 4) is 11.3 Å². The predicted molar refractivity (Wildman–Crippen MR) is 101 cm³/mol. The van der Waals surface area contributed by atoms with Gasteiger partial charge in [-0.1, -0.05) is 0 Å². The summed E-state index contributed by atoms with van der Waals surface area (Å²) in [7, 11) is 1.42. The SMILES string of the molecule is COC(=O)CCn1c(C)cc(-c2csc(Cc3nc(C)cs3)n2)c1C. The van der Waals surface area contributed by atoms with Crippen LogP contribution in [0.5, 0.6) is 0 Å². The minimum Gasteiger partial charge on any atom is -0.469 e. The molecule has 0 saturated carbocycles. The lowest BCUT2D eigenvalue weighted by Crippen LogP contribution is -2.09. The molecular weight excluding hydrogens is 354 g/mol. The minimum atomic E-state index is -0.191. The molecule has 3 heterocycles. The average molecular weight is 376 g/mol. The standard InChI is InChI=1S/C18H21N3O2S2/c1-11-9-24-16(19-11)8-17-20-15(10-25-17)14-7-12(2)21(13(14)3)6-5-18(22)23-4/h7,9-10H,5-6,8H2,1-4H3. The molecule has 0 N–H and O–H groups in total. The van der Waals surface area contributed by atoms with Crippen molar-refractivity contribution < 1.29 is 9.53 Å². The van der Waals surface area contributed by atoms with Gasteiger partial charge in [-0.2, -0.15) is 0 Å². The molecule has 0 aliphatic heterocycles. The molecule has 0 fully saturated rings. The van der Waals surface area contributed by atoms with Crippen LogP contribution in [0.3, 0.4) is 0 Å². The summed E-state index contributed by atoms with van der Waals surface area (Å²) in [6.45, 7) is 6.76. The normalized spacial score (nSPS) is 11.0. The Labute approximate surface area is 155 Å². The molecule has 3 aromatic heterocycles. The van der Waals surface area contributed by atoms with Crippen LogP contribution in [0.1, 0.15) is 33.5 Å². The van der Waals surface area contributed by atoms with Crippen LogP contribution in [0.2, 0.25) is 0 Å². The number of esters is 1. The zero-order valence-electron chi connectivity index (χ0n) is 14.8. The Hall–Kier alpha value is -1.99. The highest BCUT2D eigenvalue weighted by Gasteiger charge is 2.15. The van der Waals surface area contributed by atoms with Crippen LogP contribution in [-0.4, -0.2) is 27.6 Å². The fraction of sp³-hybridized carbons (Fsp3) is 0.389. The van der Waals surface area contributed by atoms with Gasteiger partial charge in [0.25, 0.3) is 0 Å². The third-order valence-electron chi connectivity index (χ3n) is 4.14. The first-order valence-corrected chi connectivity index (χ1v) is 9.83. The van der Waals surface area contributed by atoms with Gasteiger partial charge in [-0.15, -0.1) is 22.7 Å². The van der Waals surface area contributed by atoms with Crippen molar-refractivity contribution in [1.82, 2.24) is 14.5 Å². The van der Waals surface area contributed by atoms with E-state index in [0.717, 1.165) is 44.8 Å². The van der Waals surface area contributed by atoms with Crippen molar-refractivity contribution in [2.24, 2.45) is 0 Å². The molecule has 0 bridgehead atoms. The number of thiazole rings is 2. The molecule has 132 valence electrons. The van der Waals surface area contributed by atoms with Crippen molar-refractivity contribution >= 4 is 28.6 Å². The maximum Gasteiger partial charge on any atom is 0.307 e. The highest BCUT2D eigenvalue weighted by Crippen LogP contribution is 2.29. The van der Waals surface area contributed by atoms with E-state index in [9.17, 15) is 4.79 Å². The van der Waals surface area contributed by atoms with Gasteiger partial charge in [0.2, 0.25) is 0 Å². The monoisotopic (exact) mass is 375 g/mol. The van der Waals surface area contributed by atoms with Gasteiger partial charge in [-0.25, -0.2) is 9.97 Å². The van der Waals surface area contributed by atoms with Crippen LogP contribution in [0.25, 0.3) is 11.3 Å². The maximum absolute atomic E-state index is 11.4. The highest BCUT2D eigenvalue weighted by molar-refractivity contribution is 7.11. The fourth-order valence-electron chi connectivity index (χ4n) is 2.84. The Bertz CT molecular complexity index is 892.